The molecule has 0 N–H and O–H groups in total. The highest BCUT2D eigenvalue weighted by molar-refractivity contribution is 7.79. The van der Waals surface area contributed by atoms with Crippen molar-refractivity contribution >= 4 is 17.3 Å². The topological polar surface area (TPSA) is 26.3 Å². The van der Waals surface area contributed by atoms with Gasteiger partial charge in [-0.3, -0.25) is 0 Å². The highest BCUT2D eigenvalue weighted by Gasteiger charge is 2.29. The molecule has 9 heavy (non-hydrogen) atoms. The van der Waals surface area contributed by atoms with Gasteiger partial charge in [0.25, 0.3) is 5.11 Å². The minimum Gasteiger partial charge on any atom is -0.626 e. The molecule has 1 atom stereocenters. The summed E-state index contributed by atoms with van der Waals surface area (Å²) in [6, 6.07) is 0. The van der Waals surface area contributed by atoms with E-state index in [0.717, 1.165) is 6.54 Å². The number of hydrogen-bond donors (Lipinski definition) is 0. The van der Waals surface area contributed by atoms with Gasteiger partial charge in [0, 0.05) is 19.3 Å². The molecule has 0 aliphatic carbocycles. The van der Waals surface area contributed by atoms with Crippen LogP contribution in [0.1, 0.15) is 0 Å². The first-order chi connectivity index (χ1) is 4.04. The van der Waals surface area contributed by atoms with Crippen LogP contribution in [0.25, 0.3) is 0 Å². The summed E-state index contributed by atoms with van der Waals surface area (Å²) in [7, 11) is 3.44. The molecule has 1 unspecified atom stereocenters. The number of thiocarbonyl (C=S) groups is 1. The van der Waals surface area contributed by atoms with Crippen LogP contribution in [-0.2, 0) is 0 Å². The largest absolute Gasteiger partial charge is 0.626 e. The molecule has 1 aliphatic rings. The molecule has 0 aromatic heterocycles. The van der Waals surface area contributed by atoms with Gasteiger partial charge in [-0.2, -0.15) is 0 Å². The summed E-state index contributed by atoms with van der Waals surface area (Å²) in [4.78, 5) is 1.82. The number of nitrogens with zero attached hydrogens (tertiary/aromatic N) is 2. The second kappa shape index (κ2) is 1.90. The zero-order valence-corrected chi connectivity index (χ0v) is 6.44. The zero-order valence-electron chi connectivity index (χ0n) is 5.63. The molecule has 0 spiro atoms. The quantitative estimate of drug-likeness (QED) is 0.277. The highest BCUT2D eigenvalue weighted by Crippen LogP contribution is 2.12. The van der Waals surface area contributed by atoms with Crippen LogP contribution in [0.2, 0.25) is 0 Å². The lowest BCUT2D eigenvalue weighted by Crippen LogP contribution is -2.40. The third kappa shape index (κ3) is 1.05. The average molecular weight is 146 g/mol. The third-order valence-electron chi connectivity index (χ3n) is 1.59. The summed E-state index contributed by atoms with van der Waals surface area (Å²) in [6.45, 7) is 1.38. The van der Waals surface area contributed by atoms with E-state index in [1.54, 1.807) is 7.05 Å². The van der Waals surface area contributed by atoms with E-state index in [-0.39, 0.29) is 4.65 Å². The van der Waals surface area contributed by atoms with Crippen molar-refractivity contribution < 1.29 is 4.65 Å². The predicted octanol–water partition coefficient (Wildman–Crippen LogP) is 0.161. The van der Waals surface area contributed by atoms with E-state index >= 15 is 0 Å². The van der Waals surface area contributed by atoms with Crippen molar-refractivity contribution in [3.8, 4) is 0 Å². The molecule has 1 aliphatic heterocycles. The molecular weight excluding hydrogens is 136 g/mol. The zero-order chi connectivity index (χ0) is 7.07. The van der Waals surface area contributed by atoms with Gasteiger partial charge in [0.1, 0.15) is 6.54 Å². The van der Waals surface area contributed by atoms with E-state index in [2.05, 4.69) is 0 Å². The van der Waals surface area contributed by atoms with Gasteiger partial charge in [-0.15, -0.1) is 0 Å². The Morgan fingerprint density at radius 3 is 2.44 bits per heavy atom. The normalized spacial score (nSPS) is 35.9. The van der Waals surface area contributed by atoms with Crippen molar-refractivity contribution in [3.63, 3.8) is 0 Å². The summed E-state index contributed by atoms with van der Waals surface area (Å²) in [6.07, 6.45) is 0. The van der Waals surface area contributed by atoms with E-state index in [9.17, 15) is 5.21 Å². The van der Waals surface area contributed by atoms with E-state index in [4.69, 9.17) is 12.2 Å². The first kappa shape index (κ1) is 6.92. The standard InChI is InChI=1S/C5H10N2OS/c1-6-3-4-7(2,8)5(6)9/h3-4H2,1-2H3. The molecule has 0 bridgehead atoms. The molecule has 52 valence electrons. The van der Waals surface area contributed by atoms with Gasteiger partial charge >= 0.3 is 0 Å². The Morgan fingerprint density at radius 1 is 1.78 bits per heavy atom. The molecule has 0 aromatic rings. The molecule has 0 amide bonds. The van der Waals surface area contributed by atoms with Crippen LogP contribution in [0.15, 0.2) is 0 Å². The SMILES string of the molecule is CN1CC[N+](C)([O-])C1=S. The van der Waals surface area contributed by atoms with Crippen LogP contribution in [-0.4, -0.2) is 41.8 Å². The van der Waals surface area contributed by atoms with E-state index < -0.39 is 0 Å². The van der Waals surface area contributed by atoms with Crippen molar-refractivity contribution in [1.82, 2.24) is 4.90 Å². The minimum atomic E-state index is -0.369. The number of likely N-dealkylation sites (N-methyl/N-ethyl adjacent to an activating group) is 2. The molecule has 1 heterocycles. The predicted molar refractivity (Wildman–Crippen MR) is 39.6 cm³/mol. The lowest BCUT2D eigenvalue weighted by atomic mass is 10.6. The fourth-order valence-electron chi connectivity index (χ4n) is 0.893. The second-order valence-electron chi connectivity index (χ2n) is 2.53. The van der Waals surface area contributed by atoms with E-state index in [1.165, 1.54) is 0 Å². The maximum atomic E-state index is 11.2. The Bertz CT molecular complexity index is 146. The van der Waals surface area contributed by atoms with Gasteiger partial charge in [0.05, 0.1) is 13.6 Å². The highest BCUT2D eigenvalue weighted by atomic mass is 32.1. The van der Waals surface area contributed by atoms with Gasteiger partial charge in [0.2, 0.25) is 0 Å². The summed E-state index contributed by atoms with van der Waals surface area (Å²) < 4.78 is -0.369. The molecule has 0 saturated carbocycles. The molecule has 0 aromatic carbocycles. The molecule has 3 nitrogen and oxygen atoms in total. The molecule has 1 saturated heterocycles. The van der Waals surface area contributed by atoms with Crippen molar-refractivity contribution in [1.29, 1.82) is 0 Å². The maximum Gasteiger partial charge on any atom is 0.272 e. The minimum absolute atomic E-state index is 0.369. The lowest BCUT2D eigenvalue weighted by molar-refractivity contribution is -0.756. The first-order valence-electron chi connectivity index (χ1n) is 2.86. The smallest absolute Gasteiger partial charge is 0.272 e. The van der Waals surface area contributed by atoms with E-state index in [1.807, 2.05) is 11.9 Å². The summed E-state index contributed by atoms with van der Waals surface area (Å²) in [5.41, 5.74) is 0. The Labute approximate surface area is 60.0 Å². The van der Waals surface area contributed by atoms with Crippen molar-refractivity contribution in [2.24, 2.45) is 0 Å². The maximum absolute atomic E-state index is 11.2. The Hall–Kier alpha value is -0.190. The van der Waals surface area contributed by atoms with Gasteiger partial charge < -0.3 is 14.8 Å². The third-order valence-corrected chi connectivity index (χ3v) is 2.29. The first-order valence-corrected chi connectivity index (χ1v) is 3.27. The monoisotopic (exact) mass is 146 g/mol. The molecule has 1 rings (SSSR count). The number of rotatable bonds is 0. The molecular formula is C5H10N2OS. The number of quaternary nitrogens is 1. The Morgan fingerprint density at radius 2 is 2.33 bits per heavy atom. The van der Waals surface area contributed by atoms with Crippen molar-refractivity contribution in [2.75, 3.05) is 27.2 Å². The van der Waals surface area contributed by atoms with Crippen LogP contribution in [0.4, 0.5) is 0 Å². The fraction of sp³-hybridized carbons (Fsp3) is 0.800. The number of hydroxylamine groups is 3. The molecule has 0 radical (unpaired) electrons. The Balaban J connectivity index is 2.74. The summed E-state index contributed by atoms with van der Waals surface area (Å²) in [5.74, 6) is 0. The van der Waals surface area contributed by atoms with Crippen LogP contribution in [0, 0.1) is 5.21 Å². The van der Waals surface area contributed by atoms with Crippen LogP contribution in [0.5, 0.6) is 0 Å². The van der Waals surface area contributed by atoms with Gasteiger partial charge in [-0.1, -0.05) is 0 Å². The summed E-state index contributed by atoms with van der Waals surface area (Å²) in [5, 5.41) is 11.7. The lowest BCUT2D eigenvalue weighted by Gasteiger charge is -2.31. The number of hydrogen-bond acceptors (Lipinski definition) is 2. The van der Waals surface area contributed by atoms with Crippen LogP contribution in [0.3, 0.4) is 0 Å². The van der Waals surface area contributed by atoms with Crippen LogP contribution >= 0.6 is 12.2 Å². The van der Waals surface area contributed by atoms with Crippen molar-refractivity contribution in [3.05, 3.63) is 5.21 Å². The van der Waals surface area contributed by atoms with Gasteiger partial charge in [-0.05, 0) is 0 Å². The van der Waals surface area contributed by atoms with Gasteiger partial charge in [0.15, 0.2) is 0 Å². The molecule has 1 fully saturated rings. The van der Waals surface area contributed by atoms with Gasteiger partial charge in [-0.25, -0.2) is 0 Å². The molecule has 4 heteroatoms. The average Bonchev–Trinajstić information content (AvgIpc) is 1.97. The van der Waals surface area contributed by atoms with Crippen LogP contribution < -0.4 is 0 Å². The van der Waals surface area contributed by atoms with Crippen molar-refractivity contribution in [2.45, 2.75) is 0 Å². The fourth-order valence-corrected chi connectivity index (χ4v) is 1.08. The summed E-state index contributed by atoms with van der Waals surface area (Å²) >= 11 is 4.86. The van der Waals surface area contributed by atoms with E-state index in [0.29, 0.717) is 11.7 Å². The Kier molecular flexibility index (Phi) is 1.46. The second-order valence-corrected chi connectivity index (χ2v) is 2.89.